The Hall–Kier alpha value is -3.10. The number of rotatable bonds is 6. The maximum absolute atomic E-state index is 13.0. The van der Waals surface area contributed by atoms with Gasteiger partial charge in [-0.05, 0) is 36.6 Å². The minimum absolute atomic E-state index is 0.125. The van der Waals surface area contributed by atoms with Crippen LogP contribution in [0.15, 0.2) is 65.8 Å². The lowest BCUT2D eigenvalue weighted by Crippen LogP contribution is -2.38. The summed E-state index contributed by atoms with van der Waals surface area (Å²) >= 11 is 1.45. The third-order valence-corrected chi connectivity index (χ3v) is 7.15. The van der Waals surface area contributed by atoms with Crippen molar-refractivity contribution < 1.29 is 9.53 Å². The molecule has 2 aliphatic rings. The third kappa shape index (κ3) is 5.03. The van der Waals surface area contributed by atoms with E-state index < -0.39 is 0 Å². The Morgan fingerprint density at radius 2 is 1.76 bits per heavy atom. The second-order valence-corrected chi connectivity index (χ2v) is 9.47. The van der Waals surface area contributed by atoms with Crippen molar-refractivity contribution in [2.75, 3.05) is 50.0 Å². The van der Waals surface area contributed by atoms with E-state index in [9.17, 15) is 4.79 Å². The van der Waals surface area contributed by atoms with Crippen LogP contribution in [0.5, 0.6) is 0 Å². The van der Waals surface area contributed by atoms with Gasteiger partial charge in [-0.3, -0.25) is 9.36 Å². The Balaban J connectivity index is 1.29. The molecule has 7 nitrogen and oxygen atoms in total. The zero-order valence-corrected chi connectivity index (χ0v) is 20.2. The lowest BCUT2D eigenvalue weighted by molar-refractivity contribution is -0.127. The highest BCUT2D eigenvalue weighted by molar-refractivity contribution is 7.99. The van der Waals surface area contributed by atoms with Crippen molar-refractivity contribution in [3.8, 4) is 5.69 Å². The molecule has 0 radical (unpaired) electrons. The first-order valence-corrected chi connectivity index (χ1v) is 12.7. The van der Waals surface area contributed by atoms with Gasteiger partial charge in [0.1, 0.15) is 0 Å². The van der Waals surface area contributed by atoms with Gasteiger partial charge in [0.2, 0.25) is 11.9 Å². The Morgan fingerprint density at radius 1 is 1.00 bits per heavy atom. The zero-order chi connectivity index (χ0) is 23.3. The van der Waals surface area contributed by atoms with Crippen molar-refractivity contribution in [2.24, 2.45) is 0 Å². The fourth-order valence-electron chi connectivity index (χ4n) is 4.27. The lowest BCUT2D eigenvalue weighted by Gasteiger charge is -2.28. The molecule has 2 aromatic carbocycles. The van der Waals surface area contributed by atoms with Gasteiger partial charge in [0.05, 0.1) is 24.7 Å². The smallest absolute Gasteiger partial charge is 0.233 e. The van der Waals surface area contributed by atoms with Crippen LogP contribution >= 0.6 is 11.8 Å². The van der Waals surface area contributed by atoms with Gasteiger partial charge in [-0.1, -0.05) is 65.9 Å². The standard InChI is InChI=1S/C26H29N5O2S/c1-20-7-9-23(10-8-20)31-25(30-15-17-33-18-16-30)27-28-26(31)34-19-24(32)29-13-11-22(12-14-29)21-5-3-2-4-6-21/h2-11H,12-19H2,1H3. The number of anilines is 1. The molecule has 0 atom stereocenters. The Labute approximate surface area is 204 Å². The summed E-state index contributed by atoms with van der Waals surface area (Å²) in [6.45, 7) is 6.36. The summed E-state index contributed by atoms with van der Waals surface area (Å²) in [4.78, 5) is 17.1. The van der Waals surface area contributed by atoms with E-state index in [0.29, 0.717) is 25.5 Å². The quantitative estimate of drug-likeness (QED) is 0.505. The number of aromatic nitrogens is 3. The number of benzene rings is 2. The van der Waals surface area contributed by atoms with Crippen molar-refractivity contribution in [3.63, 3.8) is 0 Å². The molecule has 176 valence electrons. The number of hydrogen-bond acceptors (Lipinski definition) is 6. The number of amides is 1. The normalized spacial score (nSPS) is 16.4. The fraction of sp³-hybridized carbons (Fsp3) is 0.346. The van der Waals surface area contributed by atoms with Crippen molar-refractivity contribution in [2.45, 2.75) is 18.5 Å². The van der Waals surface area contributed by atoms with Gasteiger partial charge in [0, 0.05) is 26.2 Å². The Bertz CT molecular complexity index is 1150. The summed E-state index contributed by atoms with van der Waals surface area (Å²) in [6.07, 6.45) is 3.05. The Morgan fingerprint density at radius 3 is 2.47 bits per heavy atom. The van der Waals surface area contributed by atoms with Crippen molar-refractivity contribution in [1.82, 2.24) is 19.7 Å². The van der Waals surface area contributed by atoms with Crippen LogP contribution in [0.2, 0.25) is 0 Å². The van der Waals surface area contributed by atoms with E-state index in [4.69, 9.17) is 4.74 Å². The van der Waals surface area contributed by atoms with Crippen LogP contribution in [-0.2, 0) is 9.53 Å². The van der Waals surface area contributed by atoms with Crippen LogP contribution in [0, 0.1) is 6.92 Å². The van der Waals surface area contributed by atoms with Crippen LogP contribution in [0.1, 0.15) is 17.5 Å². The number of thioether (sulfide) groups is 1. The predicted molar refractivity (Wildman–Crippen MR) is 135 cm³/mol. The number of carbonyl (C=O) groups excluding carboxylic acids is 1. The summed E-state index contributed by atoms with van der Waals surface area (Å²) in [6, 6.07) is 18.7. The van der Waals surface area contributed by atoms with E-state index in [1.54, 1.807) is 0 Å². The molecule has 5 rings (SSSR count). The first-order chi connectivity index (χ1) is 16.7. The van der Waals surface area contributed by atoms with Gasteiger partial charge in [0.25, 0.3) is 0 Å². The molecular weight excluding hydrogens is 446 g/mol. The van der Waals surface area contributed by atoms with E-state index in [2.05, 4.69) is 81.2 Å². The van der Waals surface area contributed by atoms with Crippen molar-refractivity contribution >= 4 is 29.2 Å². The molecular formula is C26H29N5O2S. The molecule has 0 N–H and O–H groups in total. The molecule has 0 saturated carbocycles. The minimum atomic E-state index is 0.125. The first-order valence-electron chi connectivity index (χ1n) is 11.7. The molecule has 2 aliphatic heterocycles. The number of nitrogens with zero attached hydrogens (tertiary/aromatic N) is 5. The van der Waals surface area contributed by atoms with E-state index in [1.807, 2.05) is 11.0 Å². The molecule has 34 heavy (non-hydrogen) atoms. The highest BCUT2D eigenvalue weighted by atomic mass is 32.2. The summed E-state index contributed by atoms with van der Waals surface area (Å²) in [5, 5.41) is 9.70. The van der Waals surface area contributed by atoms with Crippen LogP contribution < -0.4 is 4.90 Å². The summed E-state index contributed by atoms with van der Waals surface area (Å²) in [5.41, 5.74) is 4.75. The number of aryl methyl sites for hydroxylation is 1. The maximum Gasteiger partial charge on any atom is 0.233 e. The van der Waals surface area contributed by atoms with Gasteiger partial charge < -0.3 is 14.5 Å². The molecule has 8 heteroatoms. The number of carbonyl (C=O) groups is 1. The molecule has 1 aromatic heterocycles. The summed E-state index contributed by atoms with van der Waals surface area (Å²) < 4.78 is 7.57. The van der Waals surface area contributed by atoms with Crippen LogP contribution in [0.4, 0.5) is 5.95 Å². The first kappa shape index (κ1) is 22.7. The molecule has 3 aromatic rings. The molecule has 0 unspecified atom stereocenters. The number of hydrogen-bond donors (Lipinski definition) is 0. The zero-order valence-electron chi connectivity index (χ0n) is 19.4. The Kier molecular flexibility index (Phi) is 6.97. The minimum Gasteiger partial charge on any atom is -0.378 e. The number of ether oxygens (including phenoxy) is 1. The molecule has 0 aliphatic carbocycles. The molecule has 1 amide bonds. The van der Waals surface area contributed by atoms with Crippen molar-refractivity contribution in [1.29, 1.82) is 0 Å². The van der Waals surface area contributed by atoms with Gasteiger partial charge in [-0.2, -0.15) is 0 Å². The number of morpholine rings is 1. The topological polar surface area (TPSA) is 63.5 Å². The van der Waals surface area contributed by atoms with Gasteiger partial charge in [0.15, 0.2) is 5.16 Å². The fourth-order valence-corrected chi connectivity index (χ4v) is 5.12. The second-order valence-electron chi connectivity index (χ2n) is 8.53. The highest BCUT2D eigenvalue weighted by Crippen LogP contribution is 2.28. The van der Waals surface area contributed by atoms with Crippen molar-refractivity contribution in [3.05, 3.63) is 71.8 Å². The van der Waals surface area contributed by atoms with Crippen LogP contribution in [0.3, 0.4) is 0 Å². The monoisotopic (exact) mass is 475 g/mol. The molecule has 1 fully saturated rings. The van der Waals surface area contributed by atoms with Crippen LogP contribution in [-0.4, -0.2) is 70.7 Å². The van der Waals surface area contributed by atoms with E-state index in [-0.39, 0.29) is 5.91 Å². The molecule has 1 saturated heterocycles. The average molecular weight is 476 g/mol. The second kappa shape index (κ2) is 10.4. The summed E-state index contributed by atoms with van der Waals surface area (Å²) in [7, 11) is 0. The maximum atomic E-state index is 13.0. The van der Waals surface area contributed by atoms with Gasteiger partial charge in [-0.25, -0.2) is 0 Å². The van der Waals surface area contributed by atoms with Gasteiger partial charge in [-0.15, -0.1) is 10.2 Å². The highest BCUT2D eigenvalue weighted by Gasteiger charge is 2.24. The predicted octanol–water partition coefficient (Wildman–Crippen LogP) is 3.82. The van der Waals surface area contributed by atoms with Gasteiger partial charge >= 0.3 is 0 Å². The molecule has 0 spiro atoms. The van der Waals surface area contributed by atoms with E-state index >= 15 is 0 Å². The average Bonchev–Trinajstić information content (AvgIpc) is 3.33. The van der Waals surface area contributed by atoms with E-state index in [0.717, 1.165) is 42.8 Å². The summed E-state index contributed by atoms with van der Waals surface area (Å²) in [5.74, 6) is 1.26. The van der Waals surface area contributed by atoms with E-state index in [1.165, 1.54) is 28.5 Å². The molecule has 3 heterocycles. The largest absolute Gasteiger partial charge is 0.378 e. The van der Waals surface area contributed by atoms with Crippen LogP contribution in [0.25, 0.3) is 11.3 Å². The third-order valence-electron chi connectivity index (χ3n) is 6.23. The SMILES string of the molecule is Cc1ccc(-n2c(SCC(=O)N3CC=C(c4ccccc4)CC3)nnc2N2CCOCC2)cc1. The molecule has 0 bridgehead atoms. The lowest BCUT2D eigenvalue weighted by atomic mass is 10.00.